The Morgan fingerprint density at radius 3 is 2.45 bits per heavy atom. The van der Waals surface area contributed by atoms with Crippen LogP contribution in [0.25, 0.3) is 0 Å². The first-order valence-electron chi connectivity index (χ1n) is 13.9. The number of phenols is 1. The van der Waals surface area contributed by atoms with Crippen molar-refractivity contribution in [1.82, 2.24) is 9.80 Å². The van der Waals surface area contributed by atoms with Gasteiger partial charge in [0.15, 0.2) is 11.4 Å². The molecule has 6 rings (SSSR count). The standard InChI is InChI=1S/C30H36FN3O6/c1-13-21(29(32)39)27(37)25(33(2)3)19-9-15-8-18-23(26(36)22(15)28(38)30(13,19)40)20(35)10-16(24(18)31)12-34(17-6-7-17)11-14-4-5-14/h10,14-15,17,19,25,35,37-38,40H,1,4-9,11-12H2,2-3H3,(H2,32,39)/t15-,19-,25-,30-/m0/s1. The third kappa shape index (κ3) is 3.91. The second-order valence-corrected chi connectivity index (χ2v) is 12.4. The molecule has 0 aromatic heterocycles. The molecule has 1 aromatic rings. The molecule has 0 spiro atoms. The Morgan fingerprint density at radius 1 is 1.20 bits per heavy atom. The van der Waals surface area contributed by atoms with Crippen molar-refractivity contribution in [2.24, 2.45) is 23.5 Å². The van der Waals surface area contributed by atoms with Crippen LogP contribution in [0.15, 0.2) is 40.9 Å². The van der Waals surface area contributed by atoms with Gasteiger partial charge in [-0.15, -0.1) is 0 Å². The van der Waals surface area contributed by atoms with Crippen molar-refractivity contribution < 1.29 is 34.4 Å². The highest BCUT2D eigenvalue weighted by Crippen LogP contribution is 2.55. The summed E-state index contributed by atoms with van der Waals surface area (Å²) in [5.41, 5.74) is 2.60. The van der Waals surface area contributed by atoms with Crippen molar-refractivity contribution in [2.45, 2.75) is 62.8 Å². The minimum Gasteiger partial charge on any atom is -0.510 e. The highest BCUT2D eigenvalue weighted by atomic mass is 19.1. The van der Waals surface area contributed by atoms with Crippen LogP contribution in [0.5, 0.6) is 5.75 Å². The molecule has 2 saturated carbocycles. The molecule has 40 heavy (non-hydrogen) atoms. The normalized spacial score (nSPS) is 30.1. The van der Waals surface area contributed by atoms with Gasteiger partial charge >= 0.3 is 0 Å². The fourth-order valence-corrected chi connectivity index (χ4v) is 7.27. The summed E-state index contributed by atoms with van der Waals surface area (Å²) in [6, 6.07) is 0.785. The molecule has 6 N–H and O–H groups in total. The Morgan fingerprint density at radius 2 is 1.88 bits per heavy atom. The predicted octanol–water partition coefficient (Wildman–Crippen LogP) is 2.62. The molecular formula is C30H36FN3O6. The molecule has 0 bridgehead atoms. The summed E-state index contributed by atoms with van der Waals surface area (Å²) in [4.78, 5) is 29.9. The largest absolute Gasteiger partial charge is 0.510 e. The molecule has 2 fully saturated rings. The van der Waals surface area contributed by atoms with Crippen molar-refractivity contribution in [3.8, 4) is 5.75 Å². The van der Waals surface area contributed by atoms with Gasteiger partial charge < -0.3 is 26.2 Å². The molecule has 5 aliphatic carbocycles. The number of likely N-dealkylation sites (N-methyl/N-ethyl adjacent to an activating group) is 1. The summed E-state index contributed by atoms with van der Waals surface area (Å²) in [5.74, 6) is -4.76. The van der Waals surface area contributed by atoms with E-state index in [-0.39, 0.29) is 46.6 Å². The number of rotatable bonds is 7. The van der Waals surface area contributed by atoms with Gasteiger partial charge in [-0.05, 0) is 70.5 Å². The Bertz CT molecular complexity index is 1410. The molecule has 4 atom stereocenters. The summed E-state index contributed by atoms with van der Waals surface area (Å²) in [6.07, 6.45) is 4.59. The molecule has 1 aromatic carbocycles. The van der Waals surface area contributed by atoms with Crippen LogP contribution in [0, 0.1) is 23.6 Å². The highest BCUT2D eigenvalue weighted by molar-refractivity contribution is 6.13. The molecule has 0 aliphatic heterocycles. The average Bonchev–Trinajstić information content (AvgIpc) is 3.78. The highest BCUT2D eigenvalue weighted by Gasteiger charge is 2.60. The maximum atomic E-state index is 16.1. The number of halogens is 1. The van der Waals surface area contributed by atoms with Gasteiger partial charge in [0.2, 0.25) is 0 Å². The number of nitrogens with two attached hydrogens (primary N) is 1. The van der Waals surface area contributed by atoms with Crippen molar-refractivity contribution in [2.75, 3.05) is 20.6 Å². The maximum Gasteiger partial charge on any atom is 0.252 e. The zero-order valence-corrected chi connectivity index (χ0v) is 22.8. The predicted molar refractivity (Wildman–Crippen MR) is 144 cm³/mol. The average molecular weight is 554 g/mol. The summed E-state index contributed by atoms with van der Waals surface area (Å²) in [6.45, 7) is 5.02. The van der Waals surface area contributed by atoms with E-state index < -0.39 is 52.3 Å². The van der Waals surface area contributed by atoms with E-state index in [1.165, 1.54) is 18.9 Å². The Kier molecular flexibility index (Phi) is 6.18. The number of benzene rings is 1. The van der Waals surface area contributed by atoms with Crippen LogP contribution in [0.2, 0.25) is 0 Å². The van der Waals surface area contributed by atoms with Crippen LogP contribution in [0.1, 0.15) is 53.6 Å². The van der Waals surface area contributed by atoms with Crippen LogP contribution >= 0.6 is 0 Å². The third-order valence-electron chi connectivity index (χ3n) is 9.55. The topological polar surface area (TPSA) is 148 Å². The number of Topliss-reactive ketones (excluding diaryl/α,β-unsaturated/α-hetero) is 1. The van der Waals surface area contributed by atoms with Gasteiger partial charge in [-0.1, -0.05) is 6.58 Å². The van der Waals surface area contributed by atoms with E-state index in [2.05, 4.69) is 11.5 Å². The fraction of sp³-hybridized carbons (Fsp3) is 0.533. The monoisotopic (exact) mass is 553 g/mol. The molecule has 0 saturated heterocycles. The number of ketones is 1. The molecule has 9 nitrogen and oxygen atoms in total. The van der Waals surface area contributed by atoms with E-state index in [1.54, 1.807) is 19.0 Å². The number of primary amides is 1. The zero-order valence-electron chi connectivity index (χ0n) is 22.8. The third-order valence-corrected chi connectivity index (χ3v) is 9.55. The SMILES string of the molecule is C=C1C(C(N)=O)=C(O)[C@@H](N(C)C)[C@@H]2C[C@@H]3Cc4c(F)c(CN(CC5CC5)C5CC5)cc(O)c4C(=O)C3=C(O)[C@]12O. The van der Waals surface area contributed by atoms with Crippen molar-refractivity contribution in [3.05, 3.63) is 63.4 Å². The number of carbonyl (C=O) groups excluding carboxylic acids is 2. The lowest BCUT2D eigenvalue weighted by Gasteiger charge is -2.52. The van der Waals surface area contributed by atoms with Crippen molar-refractivity contribution in [1.29, 1.82) is 0 Å². The lowest BCUT2D eigenvalue weighted by atomic mass is 9.57. The number of carbonyl (C=O) groups is 2. The molecule has 10 heteroatoms. The first kappa shape index (κ1) is 27.0. The van der Waals surface area contributed by atoms with Crippen LogP contribution in [-0.4, -0.2) is 80.2 Å². The molecule has 1 amide bonds. The fourth-order valence-electron chi connectivity index (χ4n) is 7.27. The number of allylic oxidation sites excluding steroid dienone is 1. The van der Waals surface area contributed by atoms with Crippen molar-refractivity contribution >= 4 is 11.7 Å². The summed E-state index contributed by atoms with van der Waals surface area (Å²) in [5, 5.41) is 45.4. The number of aliphatic hydroxyl groups is 3. The lowest BCUT2D eigenvalue weighted by molar-refractivity contribution is -0.115. The Labute approximate surface area is 232 Å². The van der Waals surface area contributed by atoms with E-state index in [1.807, 2.05) is 0 Å². The van der Waals surface area contributed by atoms with Gasteiger partial charge in [0.05, 0.1) is 17.2 Å². The van der Waals surface area contributed by atoms with Gasteiger partial charge in [-0.2, -0.15) is 0 Å². The number of nitrogens with zero attached hydrogens (tertiary/aromatic N) is 2. The summed E-state index contributed by atoms with van der Waals surface area (Å²) >= 11 is 0. The smallest absolute Gasteiger partial charge is 0.252 e. The van der Waals surface area contributed by atoms with Gasteiger partial charge in [0.1, 0.15) is 23.1 Å². The van der Waals surface area contributed by atoms with Gasteiger partial charge in [0, 0.05) is 47.3 Å². The first-order chi connectivity index (χ1) is 18.9. The second kappa shape index (κ2) is 9.15. The Hall–Kier alpha value is -3.21. The van der Waals surface area contributed by atoms with Crippen LogP contribution < -0.4 is 5.73 Å². The molecular weight excluding hydrogens is 517 g/mol. The minimum atomic E-state index is -2.27. The number of fused-ring (bicyclic) bond motifs is 3. The Balaban J connectivity index is 1.43. The van der Waals surface area contributed by atoms with Gasteiger partial charge in [-0.3, -0.25) is 19.4 Å². The number of amides is 1. The van der Waals surface area contributed by atoms with E-state index in [0.29, 0.717) is 24.1 Å². The zero-order chi connectivity index (χ0) is 28.8. The maximum absolute atomic E-state index is 16.1. The number of aromatic hydroxyl groups is 1. The number of hydrogen-bond acceptors (Lipinski definition) is 8. The van der Waals surface area contributed by atoms with Gasteiger partial charge in [-0.25, -0.2) is 4.39 Å². The first-order valence-corrected chi connectivity index (χ1v) is 13.9. The van der Waals surface area contributed by atoms with E-state index >= 15 is 4.39 Å². The molecule has 0 unspecified atom stereocenters. The lowest BCUT2D eigenvalue weighted by Crippen LogP contribution is -2.60. The van der Waals surface area contributed by atoms with Crippen LogP contribution in [-0.2, 0) is 17.8 Å². The van der Waals surface area contributed by atoms with E-state index in [0.717, 1.165) is 19.4 Å². The quantitative estimate of drug-likeness (QED) is 0.346. The molecule has 0 radical (unpaired) electrons. The number of aliphatic hydroxyl groups excluding tert-OH is 2. The second-order valence-electron chi connectivity index (χ2n) is 12.4. The molecule has 0 heterocycles. The minimum absolute atomic E-state index is 0.0200. The summed E-state index contributed by atoms with van der Waals surface area (Å²) in [7, 11) is 3.28. The van der Waals surface area contributed by atoms with Crippen molar-refractivity contribution in [3.63, 3.8) is 0 Å². The van der Waals surface area contributed by atoms with E-state index in [4.69, 9.17) is 5.73 Å². The van der Waals surface area contributed by atoms with Crippen LogP contribution in [0.3, 0.4) is 0 Å². The van der Waals surface area contributed by atoms with Crippen LogP contribution in [0.4, 0.5) is 4.39 Å². The number of hydrogen-bond donors (Lipinski definition) is 5. The van der Waals surface area contributed by atoms with E-state index in [9.17, 15) is 30.0 Å². The molecule has 5 aliphatic rings. The molecule has 214 valence electrons. The number of phenolic OH excluding ortho intramolecular Hbond substituents is 1. The van der Waals surface area contributed by atoms with Gasteiger partial charge in [0.25, 0.3) is 5.91 Å². The summed E-state index contributed by atoms with van der Waals surface area (Å²) < 4.78 is 16.1.